The number of hydrogen-bond donors (Lipinski definition) is 0. The molecule has 3 aliphatic carbocycles. The fourth-order valence-corrected chi connectivity index (χ4v) is 3.99. The molecule has 2 fully saturated rings. The second-order valence-electron chi connectivity index (χ2n) is 5.09. The molecule has 2 atom stereocenters. The number of hydrogen-bond acceptors (Lipinski definition) is 0. The van der Waals surface area contributed by atoms with Crippen molar-refractivity contribution in [1.29, 1.82) is 0 Å². The Bertz CT molecular complexity index is 246. The van der Waals surface area contributed by atoms with Gasteiger partial charge in [-0.1, -0.05) is 43.6 Å². The summed E-state index contributed by atoms with van der Waals surface area (Å²) in [7, 11) is 0. The molecule has 3 rings (SSSR count). The molecule has 2 saturated carbocycles. The van der Waals surface area contributed by atoms with Gasteiger partial charge in [0.05, 0.1) is 0 Å². The first-order chi connectivity index (χ1) is 6.37. The first-order valence-corrected chi connectivity index (χ1v) is 5.74. The quantitative estimate of drug-likeness (QED) is 0.523. The first kappa shape index (κ1) is 7.84. The molecule has 13 heavy (non-hydrogen) atoms. The lowest BCUT2D eigenvalue weighted by atomic mass is 9.56. The van der Waals surface area contributed by atoms with Gasteiger partial charge in [0, 0.05) is 0 Å². The lowest BCUT2D eigenvalue weighted by Gasteiger charge is -2.48. The predicted molar refractivity (Wildman–Crippen MR) is 55.5 cm³/mol. The van der Waals surface area contributed by atoms with E-state index < -0.39 is 0 Å². The highest BCUT2D eigenvalue weighted by atomic mass is 14.6. The van der Waals surface area contributed by atoms with Crippen LogP contribution in [0, 0.1) is 10.8 Å². The summed E-state index contributed by atoms with van der Waals surface area (Å²) >= 11 is 0. The second-order valence-corrected chi connectivity index (χ2v) is 5.09. The van der Waals surface area contributed by atoms with Gasteiger partial charge >= 0.3 is 0 Å². The summed E-state index contributed by atoms with van der Waals surface area (Å²) in [5.41, 5.74) is 1.19. The van der Waals surface area contributed by atoms with Gasteiger partial charge < -0.3 is 0 Å². The zero-order valence-electron chi connectivity index (χ0n) is 8.26. The molecule has 0 bridgehead atoms. The molecular weight excluding hydrogens is 156 g/mol. The van der Waals surface area contributed by atoms with Gasteiger partial charge in [0.15, 0.2) is 0 Å². The third kappa shape index (κ3) is 0.868. The van der Waals surface area contributed by atoms with Crippen LogP contribution in [0.5, 0.6) is 0 Å². The van der Waals surface area contributed by atoms with Crippen molar-refractivity contribution in [1.82, 2.24) is 0 Å². The monoisotopic (exact) mass is 174 g/mol. The fraction of sp³-hybridized carbons (Fsp3) is 0.692. The highest BCUT2D eigenvalue weighted by Crippen LogP contribution is 2.63. The van der Waals surface area contributed by atoms with Crippen molar-refractivity contribution >= 4 is 0 Å². The van der Waals surface area contributed by atoms with Crippen molar-refractivity contribution in [2.24, 2.45) is 10.8 Å². The molecule has 0 aromatic heterocycles. The molecule has 3 aliphatic rings. The highest BCUT2D eigenvalue weighted by Gasteiger charge is 2.52. The van der Waals surface area contributed by atoms with Crippen molar-refractivity contribution in [2.45, 2.75) is 44.9 Å². The molecule has 0 heterocycles. The third-order valence-corrected chi connectivity index (χ3v) is 4.67. The summed E-state index contributed by atoms with van der Waals surface area (Å²) in [5.74, 6) is 0. The van der Waals surface area contributed by atoms with Crippen LogP contribution in [0.3, 0.4) is 0 Å². The SMILES string of the molecule is C1=C[C@]23CCCC[C@]2(C=C1)CCC3. The summed E-state index contributed by atoms with van der Waals surface area (Å²) < 4.78 is 0. The maximum absolute atomic E-state index is 2.53. The van der Waals surface area contributed by atoms with E-state index in [1.807, 2.05) is 0 Å². The predicted octanol–water partition coefficient (Wildman–Crippen LogP) is 3.84. The van der Waals surface area contributed by atoms with E-state index >= 15 is 0 Å². The van der Waals surface area contributed by atoms with Gasteiger partial charge in [-0.05, 0) is 36.5 Å². The fourth-order valence-electron chi connectivity index (χ4n) is 3.99. The topological polar surface area (TPSA) is 0 Å². The Morgan fingerprint density at radius 3 is 1.62 bits per heavy atom. The smallest absolute Gasteiger partial charge is 0.00241 e. The van der Waals surface area contributed by atoms with Gasteiger partial charge in [-0.3, -0.25) is 0 Å². The normalized spacial score (nSPS) is 47.4. The van der Waals surface area contributed by atoms with Crippen molar-refractivity contribution in [3.8, 4) is 0 Å². The van der Waals surface area contributed by atoms with Crippen LogP contribution in [-0.2, 0) is 0 Å². The number of rotatable bonds is 0. The van der Waals surface area contributed by atoms with Gasteiger partial charge in [0.2, 0.25) is 0 Å². The lowest BCUT2D eigenvalue weighted by molar-refractivity contribution is 0.109. The van der Waals surface area contributed by atoms with E-state index in [0.717, 1.165) is 0 Å². The minimum absolute atomic E-state index is 0.597. The minimum atomic E-state index is 0.597. The van der Waals surface area contributed by atoms with E-state index in [9.17, 15) is 0 Å². The average Bonchev–Trinajstić information content (AvgIpc) is 2.56. The summed E-state index contributed by atoms with van der Waals surface area (Å²) in [6.07, 6.45) is 19.8. The molecule has 0 radical (unpaired) electrons. The Kier molecular flexibility index (Phi) is 1.51. The van der Waals surface area contributed by atoms with E-state index in [1.54, 1.807) is 0 Å². The van der Waals surface area contributed by atoms with Crippen molar-refractivity contribution in [2.75, 3.05) is 0 Å². The van der Waals surface area contributed by atoms with Gasteiger partial charge in [0.25, 0.3) is 0 Å². The van der Waals surface area contributed by atoms with Gasteiger partial charge in [-0.15, -0.1) is 0 Å². The maximum Gasteiger partial charge on any atom is -0.00241 e. The van der Waals surface area contributed by atoms with E-state index in [0.29, 0.717) is 10.8 Å². The Morgan fingerprint density at radius 1 is 0.615 bits per heavy atom. The van der Waals surface area contributed by atoms with Crippen molar-refractivity contribution in [3.05, 3.63) is 24.3 Å². The zero-order valence-corrected chi connectivity index (χ0v) is 8.26. The molecule has 0 heteroatoms. The van der Waals surface area contributed by atoms with Crippen LogP contribution >= 0.6 is 0 Å². The average molecular weight is 174 g/mol. The van der Waals surface area contributed by atoms with Crippen molar-refractivity contribution < 1.29 is 0 Å². The summed E-state index contributed by atoms with van der Waals surface area (Å²) in [6.45, 7) is 0. The highest BCUT2D eigenvalue weighted by molar-refractivity contribution is 5.28. The molecule has 0 saturated heterocycles. The summed E-state index contributed by atoms with van der Waals surface area (Å²) in [5, 5.41) is 0. The largest absolute Gasteiger partial charge is 0.0775 e. The zero-order chi connectivity index (χ0) is 8.78. The Balaban J connectivity index is 2.08. The summed E-state index contributed by atoms with van der Waals surface area (Å²) in [6, 6.07) is 0. The van der Waals surface area contributed by atoms with Gasteiger partial charge in [0.1, 0.15) is 0 Å². The van der Waals surface area contributed by atoms with Crippen LogP contribution < -0.4 is 0 Å². The van der Waals surface area contributed by atoms with Crippen LogP contribution in [0.25, 0.3) is 0 Å². The molecule has 0 amide bonds. The summed E-state index contributed by atoms with van der Waals surface area (Å²) in [4.78, 5) is 0. The Labute approximate surface area is 80.7 Å². The van der Waals surface area contributed by atoms with Crippen LogP contribution in [0.2, 0.25) is 0 Å². The van der Waals surface area contributed by atoms with Gasteiger partial charge in [-0.25, -0.2) is 0 Å². The van der Waals surface area contributed by atoms with Crippen LogP contribution in [0.15, 0.2) is 24.3 Å². The molecule has 70 valence electrons. The molecule has 0 spiro atoms. The Hall–Kier alpha value is -0.520. The first-order valence-electron chi connectivity index (χ1n) is 5.74. The minimum Gasteiger partial charge on any atom is -0.0775 e. The molecule has 0 aromatic rings. The molecule has 0 N–H and O–H groups in total. The van der Waals surface area contributed by atoms with Crippen LogP contribution in [-0.4, -0.2) is 0 Å². The molecular formula is C13H18. The molecule has 0 aromatic carbocycles. The Morgan fingerprint density at radius 2 is 1.08 bits per heavy atom. The number of allylic oxidation sites excluding steroid dienone is 4. The molecule has 0 aliphatic heterocycles. The van der Waals surface area contributed by atoms with E-state index in [4.69, 9.17) is 0 Å². The molecule has 0 unspecified atom stereocenters. The van der Waals surface area contributed by atoms with Crippen LogP contribution in [0.1, 0.15) is 44.9 Å². The van der Waals surface area contributed by atoms with Crippen molar-refractivity contribution in [3.63, 3.8) is 0 Å². The van der Waals surface area contributed by atoms with E-state index in [2.05, 4.69) is 24.3 Å². The second kappa shape index (κ2) is 2.50. The van der Waals surface area contributed by atoms with E-state index in [-0.39, 0.29) is 0 Å². The third-order valence-electron chi connectivity index (χ3n) is 4.67. The standard InChI is InChI=1S/C13H18/c1-2-7-13-9-4-3-8-12(13,6-1)10-5-11-13/h1-2,6-7H,3-5,8-11H2/t12-,13-/m1/s1. The lowest BCUT2D eigenvalue weighted by Crippen LogP contribution is -2.38. The van der Waals surface area contributed by atoms with Gasteiger partial charge in [-0.2, -0.15) is 0 Å². The molecule has 0 nitrogen and oxygen atoms in total. The van der Waals surface area contributed by atoms with Crippen LogP contribution in [0.4, 0.5) is 0 Å². The maximum atomic E-state index is 2.53. The van der Waals surface area contributed by atoms with E-state index in [1.165, 1.54) is 44.9 Å².